The van der Waals surface area contributed by atoms with Gasteiger partial charge in [-0.05, 0) is 42.5 Å². The SMILES string of the molecule is CC(C)Cc1ccc([C@@H](C)NC(=O)CN2CCN(c3ccccc3O)CC2)cc1. The Morgan fingerprint density at radius 2 is 1.66 bits per heavy atom. The van der Waals surface area contributed by atoms with Crippen LogP contribution in [0.2, 0.25) is 0 Å². The number of amides is 1. The largest absolute Gasteiger partial charge is 0.506 e. The predicted octanol–water partition coefficient (Wildman–Crippen LogP) is 3.59. The molecule has 0 unspecified atom stereocenters. The second-order valence-corrected chi connectivity index (χ2v) is 8.38. The maximum absolute atomic E-state index is 12.5. The molecule has 1 atom stereocenters. The number of phenols is 1. The Labute approximate surface area is 174 Å². The number of nitrogens with one attached hydrogen (secondary N) is 1. The van der Waals surface area contributed by atoms with Gasteiger partial charge in [0.1, 0.15) is 5.75 Å². The van der Waals surface area contributed by atoms with Crippen molar-refractivity contribution in [1.29, 1.82) is 0 Å². The highest BCUT2D eigenvalue weighted by molar-refractivity contribution is 5.78. The molecule has 29 heavy (non-hydrogen) atoms. The molecule has 1 aliphatic heterocycles. The first-order valence-corrected chi connectivity index (χ1v) is 10.6. The number of para-hydroxylation sites is 2. The molecule has 0 spiro atoms. The Morgan fingerprint density at radius 3 is 2.28 bits per heavy atom. The van der Waals surface area contributed by atoms with Gasteiger partial charge < -0.3 is 15.3 Å². The summed E-state index contributed by atoms with van der Waals surface area (Å²) in [5, 5.41) is 13.1. The maximum atomic E-state index is 12.5. The average Bonchev–Trinajstić information content (AvgIpc) is 2.69. The number of hydrogen-bond acceptors (Lipinski definition) is 4. The molecule has 0 aromatic heterocycles. The number of phenolic OH excluding ortho intramolecular Hbond substituents is 1. The highest BCUT2D eigenvalue weighted by Gasteiger charge is 2.21. The molecule has 0 radical (unpaired) electrons. The number of anilines is 1. The zero-order valence-corrected chi connectivity index (χ0v) is 17.8. The van der Waals surface area contributed by atoms with E-state index in [9.17, 15) is 9.90 Å². The van der Waals surface area contributed by atoms with Gasteiger partial charge in [0, 0.05) is 26.2 Å². The first-order chi connectivity index (χ1) is 13.9. The van der Waals surface area contributed by atoms with Crippen molar-refractivity contribution in [2.45, 2.75) is 33.2 Å². The smallest absolute Gasteiger partial charge is 0.234 e. The van der Waals surface area contributed by atoms with E-state index in [1.165, 1.54) is 5.56 Å². The number of piperazine rings is 1. The number of aromatic hydroxyl groups is 1. The Bertz CT molecular complexity index is 796. The fourth-order valence-electron chi connectivity index (χ4n) is 3.87. The van der Waals surface area contributed by atoms with E-state index in [1.807, 2.05) is 25.1 Å². The lowest BCUT2D eigenvalue weighted by Gasteiger charge is -2.36. The number of benzene rings is 2. The molecule has 3 rings (SSSR count). The molecule has 1 fully saturated rings. The second kappa shape index (κ2) is 9.79. The number of hydrogen-bond donors (Lipinski definition) is 2. The van der Waals surface area contributed by atoms with E-state index < -0.39 is 0 Å². The Morgan fingerprint density at radius 1 is 1.00 bits per heavy atom. The lowest BCUT2D eigenvalue weighted by molar-refractivity contribution is -0.123. The van der Waals surface area contributed by atoms with Gasteiger partial charge in [-0.15, -0.1) is 0 Å². The van der Waals surface area contributed by atoms with E-state index in [0.717, 1.165) is 43.9 Å². The molecule has 0 aliphatic carbocycles. The van der Waals surface area contributed by atoms with Crippen LogP contribution in [0.5, 0.6) is 5.75 Å². The van der Waals surface area contributed by atoms with Gasteiger partial charge in [-0.25, -0.2) is 0 Å². The first kappa shape index (κ1) is 21.2. The molecule has 0 saturated carbocycles. The molecule has 1 saturated heterocycles. The van der Waals surface area contributed by atoms with E-state index in [1.54, 1.807) is 6.07 Å². The van der Waals surface area contributed by atoms with Crippen molar-refractivity contribution >= 4 is 11.6 Å². The van der Waals surface area contributed by atoms with Gasteiger partial charge in [-0.2, -0.15) is 0 Å². The van der Waals surface area contributed by atoms with E-state index in [0.29, 0.717) is 18.2 Å². The molecule has 2 aromatic carbocycles. The summed E-state index contributed by atoms with van der Waals surface area (Å²) in [7, 11) is 0. The van der Waals surface area contributed by atoms with E-state index in [2.05, 4.69) is 53.2 Å². The van der Waals surface area contributed by atoms with Gasteiger partial charge in [0.15, 0.2) is 0 Å². The lowest BCUT2D eigenvalue weighted by Crippen LogP contribution is -2.49. The fraction of sp³-hybridized carbons (Fsp3) is 0.458. The summed E-state index contributed by atoms with van der Waals surface area (Å²) in [5.74, 6) is 1.01. The van der Waals surface area contributed by atoms with Crippen LogP contribution in [0.1, 0.15) is 37.9 Å². The molecule has 1 heterocycles. The molecule has 2 aromatic rings. The summed E-state index contributed by atoms with van der Waals surface area (Å²) in [6.45, 7) is 10.1. The van der Waals surface area contributed by atoms with Crippen molar-refractivity contribution in [2.75, 3.05) is 37.6 Å². The summed E-state index contributed by atoms with van der Waals surface area (Å²) in [6.07, 6.45) is 1.08. The monoisotopic (exact) mass is 395 g/mol. The van der Waals surface area contributed by atoms with Gasteiger partial charge in [0.05, 0.1) is 18.3 Å². The van der Waals surface area contributed by atoms with Crippen molar-refractivity contribution in [3.05, 3.63) is 59.7 Å². The normalized spacial score (nSPS) is 16.1. The topological polar surface area (TPSA) is 55.8 Å². The number of carbonyl (C=O) groups is 1. The maximum Gasteiger partial charge on any atom is 0.234 e. The van der Waals surface area contributed by atoms with Crippen LogP contribution in [-0.2, 0) is 11.2 Å². The van der Waals surface area contributed by atoms with E-state index in [-0.39, 0.29) is 11.9 Å². The van der Waals surface area contributed by atoms with Crippen molar-refractivity contribution < 1.29 is 9.90 Å². The molecule has 1 aliphatic rings. The summed E-state index contributed by atoms with van der Waals surface area (Å²) < 4.78 is 0. The Balaban J connectivity index is 1.45. The summed E-state index contributed by atoms with van der Waals surface area (Å²) in [5.41, 5.74) is 3.34. The third-order valence-corrected chi connectivity index (χ3v) is 5.46. The average molecular weight is 396 g/mol. The third kappa shape index (κ3) is 5.97. The predicted molar refractivity (Wildman–Crippen MR) is 118 cm³/mol. The van der Waals surface area contributed by atoms with Crippen LogP contribution < -0.4 is 10.2 Å². The quantitative estimate of drug-likeness (QED) is 0.752. The van der Waals surface area contributed by atoms with Crippen LogP contribution in [0, 0.1) is 5.92 Å². The lowest BCUT2D eigenvalue weighted by atomic mass is 10.00. The molecular formula is C24H33N3O2. The molecule has 5 nitrogen and oxygen atoms in total. The summed E-state index contributed by atoms with van der Waals surface area (Å²) >= 11 is 0. The minimum atomic E-state index is -0.00171. The van der Waals surface area contributed by atoms with Gasteiger partial charge in [0.25, 0.3) is 0 Å². The number of nitrogens with zero attached hydrogens (tertiary/aromatic N) is 2. The Kier molecular flexibility index (Phi) is 7.15. The van der Waals surface area contributed by atoms with Crippen LogP contribution in [0.25, 0.3) is 0 Å². The second-order valence-electron chi connectivity index (χ2n) is 8.38. The molecular weight excluding hydrogens is 362 g/mol. The summed E-state index contributed by atoms with van der Waals surface area (Å²) in [6, 6.07) is 16.0. The van der Waals surface area contributed by atoms with Crippen LogP contribution in [-0.4, -0.2) is 48.6 Å². The zero-order valence-electron chi connectivity index (χ0n) is 17.8. The molecule has 2 N–H and O–H groups in total. The van der Waals surface area contributed by atoms with Crippen LogP contribution >= 0.6 is 0 Å². The van der Waals surface area contributed by atoms with Crippen molar-refractivity contribution in [3.63, 3.8) is 0 Å². The Hall–Kier alpha value is -2.53. The van der Waals surface area contributed by atoms with Crippen LogP contribution in [0.3, 0.4) is 0 Å². The first-order valence-electron chi connectivity index (χ1n) is 10.6. The van der Waals surface area contributed by atoms with E-state index >= 15 is 0 Å². The van der Waals surface area contributed by atoms with Crippen LogP contribution in [0.4, 0.5) is 5.69 Å². The highest BCUT2D eigenvalue weighted by Crippen LogP contribution is 2.27. The van der Waals surface area contributed by atoms with Crippen LogP contribution in [0.15, 0.2) is 48.5 Å². The highest BCUT2D eigenvalue weighted by atomic mass is 16.3. The van der Waals surface area contributed by atoms with Crippen molar-refractivity contribution in [2.24, 2.45) is 5.92 Å². The molecule has 1 amide bonds. The van der Waals surface area contributed by atoms with Crippen molar-refractivity contribution in [3.8, 4) is 5.75 Å². The van der Waals surface area contributed by atoms with Gasteiger partial charge >= 0.3 is 0 Å². The fourth-order valence-corrected chi connectivity index (χ4v) is 3.87. The summed E-state index contributed by atoms with van der Waals surface area (Å²) in [4.78, 5) is 16.8. The van der Waals surface area contributed by atoms with Gasteiger partial charge in [-0.1, -0.05) is 50.2 Å². The molecule has 156 valence electrons. The molecule has 5 heteroatoms. The molecule has 0 bridgehead atoms. The minimum absolute atomic E-state index is 0.00171. The zero-order chi connectivity index (χ0) is 20.8. The van der Waals surface area contributed by atoms with E-state index in [4.69, 9.17) is 0 Å². The number of carbonyl (C=O) groups excluding carboxylic acids is 1. The van der Waals surface area contributed by atoms with Crippen molar-refractivity contribution in [1.82, 2.24) is 10.2 Å². The number of rotatable bonds is 7. The third-order valence-electron chi connectivity index (χ3n) is 5.46. The van der Waals surface area contributed by atoms with Gasteiger partial charge in [-0.3, -0.25) is 9.69 Å². The minimum Gasteiger partial charge on any atom is -0.506 e. The van der Waals surface area contributed by atoms with Gasteiger partial charge in [0.2, 0.25) is 5.91 Å². The standard InChI is InChI=1S/C24H33N3O2/c1-18(2)16-20-8-10-21(11-9-20)19(3)25-24(29)17-26-12-14-27(15-13-26)22-6-4-5-7-23(22)28/h4-11,18-19,28H,12-17H2,1-3H3,(H,25,29)/t19-/m1/s1.